The molecule has 0 radical (unpaired) electrons. The Morgan fingerprint density at radius 1 is 1.39 bits per heavy atom. The molecule has 1 saturated heterocycles. The molecule has 0 spiro atoms. The number of ether oxygens (including phenoxy) is 1. The molecule has 136 valence electrons. The van der Waals surface area contributed by atoms with Gasteiger partial charge in [-0.1, -0.05) is 0 Å². The summed E-state index contributed by atoms with van der Waals surface area (Å²) in [6, 6.07) is 0. The number of aliphatic imine (C=N–C) groups is 1. The number of hydrogen-bond donors (Lipinski definition) is 2. The average Bonchev–Trinajstić information content (AvgIpc) is 2.87. The van der Waals surface area contributed by atoms with E-state index in [0.717, 1.165) is 45.2 Å². The van der Waals surface area contributed by atoms with E-state index < -0.39 is 15.6 Å². The normalized spacial score (nSPS) is 20.1. The molecule has 8 heteroatoms. The number of nitrogens with zero attached hydrogens (tertiary/aromatic N) is 2. The van der Waals surface area contributed by atoms with Gasteiger partial charge in [0.1, 0.15) is 0 Å². The number of likely N-dealkylation sites (tertiary alicyclic amines) is 1. The topological polar surface area (TPSA) is 83.0 Å². The minimum atomic E-state index is -3.25. The SMILES string of the molecule is CCNC(=NCC(C)(C)NS(C)(=O)=O)N1CCC(COCC)C1. The van der Waals surface area contributed by atoms with Gasteiger partial charge in [0.2, 0.25) is 10.0 Å². The Balaban J connectivity index is 2.67. The van der Waals surface area contributed by atoms with Crippen LogP contribution in [0.4, 0.5) is 0 Å². The number of nitrogens with one attached hydrogen (secondary N) is 2. The molecule has 0 aromatic carbocycles. The highest BCUT2D eigenvalue weighted by molar-refractivity contribution is 7.88. The third-order valence-electron chi connectivity index (χ3n) is 3.56. The Hall–Kier alpha value is -0.860. The van der Waals surface area contributed by atoms with E-state index in [2.05, 4.69) is 19.9 Å². The van der Waals surface area contributed by atoms with Crippen molar-refractivity contribution < 1.29 is 13.2 Å². The van der Waals surface area contributed by atoms with Crippen LogP contribution in [0.1, 0.15) is 34.1 Å². The van der Waals surface area contributed by atoms with Crippen LogP contribution in [0.15, 0.2) is 4.99 Å². The van der Waals surface area contributed by atoms with Crippen molar-refractivity contribution in [3.63, 3.8) is 0 Å². The summed E-state index contributed by atoms with van der Waals surface area (Å²) in [7, 11) is -3.25. The standard InChI is InChI=1S/C15H32N4O3S/c1-6-16-14(17-12-15(3,4)18-23(5,20)21)19-9-8-13(10-19)11-22-7-2/h13,18H,6-12H2,1-5H3,(H,16,17). The molecule has 1 unspecified atom stereocenters. The quantitative estimate of drug-likeness (QED) is 0.497. The average molecular weight is 349 g/mol. The highest BCUT2D eigenvalue weighted by atomic mass is 32.2. The molecule has 0 aliphatic carbocycles. The summed E-state index contributed by atoms with van der Waals surface area (Å²) >= 11 is 0. The van der Waals surface area contributed by atoms with Crippen molar-refractivity contribution in [2.24, 2.45) is 10.9 Å². The van der Waals surface area contributed by atoms with E-state index in [1.807, 2.05) is 27.7 Å². The fourth-order valence-electron chi connectivity index (χ4n) is 2.68. The Morgan fingerprint density at radius 2 is 2.09 bits per heavy atom. The molecule has 1 aliphatic rings. The van der Waals surface area contributed by atoms with Crippen LogP contribution in [0.2, 0.25) is 0 Å². The zero-order valence-electron chi connectivity index (χ0n) is 15.1. The van der Waals surface area contributed by atoms with Gasteiger partial charge in [0.15, 0.2) is 5.96 Å². The van der Waals surface area contributed by atoms with Crippen LogP contribution in [-0.4, -0.2) is 70.5 Å². The maximum atomic E-state index is 11.4. The summed E-state index contributed by atoms with van der Waals surface area (Å²) in [5, 5.41) is 3.29. The Labute approximate surface area is 140 Å². The van der Waals surface area contributed by atoms with E-state index in [4.69, 9.17) is 4.74 Å². The molecular weight excluding hydrogens is 316 g/mol. The Bertz CT molecular complexity index is 491. The maximum Gasteiger partial charge on any atom is 0.209 e. The summed E-state index contributed by atoms with van der Waals surface area (Å²) in [5.74, 6) is 1.37. The smallest absolute Gasteiger partial charge is 0.209 e. The van der Waals surface area contributed by atoms with Crippen LogP contribution < -0.4 is 10.0 Å². The molecule has 0 aromatic rings. The van der Waals surface area contributed by atoms with Crippen molar-refractivity contribution in [3.05, 3.63) is 0 Å². The molecule has 0 aromatic heterocycles. The molecule has 1 fully saturated rings. The van der Waals surface area contributed by atoms with Crippen LogP contribution in [0.5, 0.6) is 0 Å². The third kappa shape index (κ3) is 7.99. The minimum absolute atomic E-state index is 0.384. The van der Waals surface area contributed by atoms with E-state index in [0.29, 0.717) is 12.5 Å². The first-order valence-corrected chi connectivity index (χ1v) is 10.2. The molecule has 1 atom stereocenters. The summed E-state index contributed by atoms with van der Waals surface area (Å²) in [4.78, 5) is 6.86. The van der Waals surface area contributed by atoms with E-state index in [1.54, 1.807) is 0 Å². The summed E-state index contributed by atoms with van der Waals surface area (Å²) in [6.07, 6.45) is 2.26. The van der Waals surface area contributed by atoms with Crippen LogP contribution in [0.25, 0.3) is 0 Å². The van der Waals surface area contributed by atoms with Crippen LogP contribution >= 0.6 is 0 Å². The first-order chi connectivity index (χ1) is 10.7. The zero-order valence-corrected chi connectivity index (χ0v) is 15.9. The monoisotopic (exact) mass is 348 g/mol. The lowest BCUT2D eigenvalue weighted by Crippen LogP contribution is -2.47. The van der Waals surface area contributed by atoms with Gasteiger partial charge in [-0.25, -0.2) is 13.1 Å². The predicted molar refractivity (Wildman–Crippen MR) is 94.2 cm³/mol. The highest BCUT2D eigenvalue weighted by Gasteiger charge is 2.26. The molecule has 0 amide bonds. The molecule has 0 saturated carbocycles. The second-order valence-electron chi connectivity index (χ2n) is 6.69. The lowest BCUT2D eigenvalue weighted by Gasteiger charge is -2.26. The number of rotatable bonds is 8. The third-order valence-corrected chi connectivity index (χ3v) is 4.49. The lowest BCUT2D eigenvalue weighted by molar-refractivity contribution is 0.114. The fraction of sp³-hybridized carbons (Fsp3) is 0.933. The summed E-state index contributed by atoms with van der Waals surface area (Å²) in [5.41, 5.74) is -0.612. The second-order valence-corrected chi connectivity index (χ2v) is 8.44. The Kier molecular flexibility index (Phi) is 7.76. The molecule has 1 aliphatic heterocycles. The van der Waals surface area contributed by atoms with E-state index in [1.165, 1.54) is 6.26 Å². The zero-order chi connectivity index (χ0) is 17.5. The van der Waals surface area contributed by atoms with Crippen molar-refractivity contribution in [3.8, 4) is 0 Å². The molecule has 23 heavy (non-hydrogen) atoms. The van der Waals surface area contributed by atoms with Crippen molar-refractivity contribution in [1.29, 1.82) is 0 Å². The van der Waals surface area contributed by atoms with E-state index in [9.17, 15) is 8.42 Å². The van der Waals surface area contributed by atoms with Gasteiger partial charge < -0.3 is 15.0 Å². The van der Waals surface area contributed by atoms with Gasteiger partial charge in [-0.2, -0.15) is 0 Å². The fourth-order valence-corrected chi connectivity index (χ4v) is 3.75. The van der Waals surface area contributed by atoms with Crippen LogP contribution in [-0.2, 0) is 14.8 Å². The molecule has 1 heterocycles. The van der Waals surface area contributed by atoms with Gasteiger partial charge in [0, 0.05) is 37.7 Å². The van der Waals surface area contributed by atoms with Gasteiger partial charge >= 0.3 is 0 Å². The van der Waals surface area contributed by atoms with Gasteiger partial charge in [0.05, 0.1) is 19.4 Å². The molecule has 2 N–H and O–H groups in total. The molecule has 0 bridgehead atoms. The largest absolute Gasteiger partial charge is 0.381 e. The van der Waals surface area contributed by atoms with Gasteiger partial charge in [-0.05, 0) is 34.1 Å². The number of guanidine groups is 1. The molecular formula is C15H32N4O3S. The van der Waals surface area contributed by atoms with Crippen molar-refractivity contribution in [2.75, 3.05) is 45.6 Å². The van der Waals surface area contributed by atoms with E-state index in [-0.39, 0.29) is 0 Å². The number of hydrogen-bond acceptors (Lipinski definition) is 4. The Morgan fingerprint density at radius 3 is 2.65 bits per heavy atom. The van der Waals surface area contributed by atoms with Crippen LogP contribution in [0.3, 0.4) is 0 Å². The summed E-state index contributed by atoms with van der Waals surface area (Å²) in [6.45, 7) is 12.3. The highest BCUT2D eigenvalue weighted by Crippen LogP contribution is 2.17. The predicted octanol–water partition coefficient (Wildman–Crippen LogP) is 0.638. The second kappa shape index (κ2) is 8.84. The maximum absolute atomic E-state index is 11.4. The lowest BCUT2D eigenvalue weighted by atomic mass is 10.1. The van der Waals surface area contributed by atoms with Gasteiger partial charge in [-0.3, -0.25) is 4.99 Å². The number of sulfonamides is 1. The molecule has 1 rings (SSSR count). The van der Waals surface area contributed by atoms with Crippen molar-refractivity contribution in [2.45, 2.75) is 39.7 Å². The van der Waals surface area contributed by atoms with Crippen molar-refractivity contribution >= 4 is 16.0 Å². The van der Waals surface area contributed by atoms with Crippen LogP contribution in [0, 0.1) is 5.92 Å². The summed E-state index contributed by atoms with van der Waals surface area (Å²) < 4.78 is 31.0. The van der Waals surface area contributed by atoms with Gasteiger partial charge in [0.25, 0.3) is 0 Å². The first kappa shape index (κ1) is 20.2. The van der Waals surface area contributed by atoms with E-state index >= 15 is 0 Å². The van der Waals surface area contributed by atoms with Gasteiger partial charge in [-0.15, -0.1) is 0 Å². The first-order valence-electron chi connectivity index (χ1n) is 8.27. The molecule has 7 nitrogen and oxygen atoms in total. The minimum Gasteiger partial charge on any atom is -0.381 e. The van der Waals surface area contributed by atoms with Crippen molar-refractivity contribution in [1.82, 2.24) is 14.9 Å².